The van der Waals surface area contributed by atoms with Crippen molar-refractivity contribution in [2.75, 3.05) is 6.61 Å². The number of ketones is 1. The summed E-state index contributed by atoms with van der Waals surface area (Å²) >= 11 is 0. The molecule has 0 aliphatic carbocycles. The van der Waals surface area contributed by atoms with Crippen molar-refractivity contribution < 1.29 is 14.3 Å². The van der Waals surface area contributed by atoms with Crippen LogP contribution in [-0.4, -0.2) is 24.5 Å². The Kier molecular flexibility index (Phi) is 4.60. The Bertz CT molecular complexity index is 218. The first-order chi connectivity index (χ1) is 6.22. The van der Waals surface area contributed by atoms with Gasteiger partial charge in [-0.05, 0) is 19.3 Å². The molecule has 0 fully saturated rings. The fourth-order valence-electron chi connectivity index (χ4n) is 0.602. The largest absolute Gasteiger partial charge is 0.449 e. The molecule has 0 bridgehead atoms. The molecule has 1 atom stereocenters. The predicted molar refractivity (Wildman–Crippen MR) is 54.1 cm³/mol. The summed E-state index contributed by atoms with van der Waals surface area (Å²) in [7, 11) is 0. The highest BCUT2D eigenvalue weighted by Gasteiger charge is 2.16. The van der Waals surface area contributed by atoms with Crippen molar-refractivity contribution in [3.63, 3.8) is 0 Å². The van der Waals surface area contributed by atoms with Crippen molar-refractivity contribution in [2.45, 2.75) is 40.7 Å². The van der Waals surface area contributed by atoms with E-state index in [1.807, 2.05) is 20.8 Å². The summed E-state index contributed by atoms with van der Waals surface area (Å²) in [4.78, 5) is 21.9. The van der Waals surface area contributed by atoms with Gasteiger partial charge in [0.25, 0.3) is 0 Å². The minimum atomic E-state index is -0.539. The Morgan fingerprint density at radius 3 is 2.21 bits per heavy atom. The summed E-state index contributed by atoms with van der Waals surface area (Å²) in [6, 6.07) is -0.484. The number of alkyl carbamates (subject to hydrolysis) is 1. The zero-order valence-electron chi connectivity index (χ0n) is 9.51. The first-order valence-corrected chi connectivity index (χ1v) is 4.66. The van der Waals surface area contributed by atoms with Crippen molar-refractivity contribution in [3.8, 4) is 0 Å². The van der Waals surface area contributed by atoms with Crippen LogP contribution in [0.2, 0.25) is 0 Å². The Labute approximate surface area is 85.0 Å². The second-order valence-electron chi connectivity index (χ2n) is 4.61. The summed E-state index contributed by atoms with van der Waals surface area (Å²) in [6.45, 7) is 9.29. The van der Waals surface area contributed by atoms with Crippen LogP contribution < -0.4 is 5.32 Å². The van der Waals surface area contributed by atoms with Gasteiger partial charge in [0.1, 0.15) is 0 Å². The van der Waals surface area contributed by atoms with Crippen molar-refractivity contribution in [1.82, 2.24) is 5.32 Å². The lowest BCUT2D eigenvalue weighted by Crippen LogP contribution is -2.38. The predicted octanol–water partition coefficient (Wildman–Crippen LogP) is 1.74. The van der Waals surface area contributed by atoms with Gasteiger partial charge in [0, 0.05) is 0 Å². The van der Waals surface area contributed by atoms with E-state index in [-0.39, 0.29) is 11.2 Å². The van der Waals surface area contributed by atoms with Crippen LogP contribution in [0, 0.1) is 5.41 Å². The maximum Gasteiger partial charge on any atom is 0.407 e. The number of carbonyl (C=O) groups is 2. The fourth-order valence-corrected chi connectivity index (χ4v) is 0.602. The van der Waals surface area contributed by atoms with Crippen molar-refractivity contribution in [1.29, 1.82) is 0 Å². The molecule has 4 nitrogen and oxygen atoms in total. The van der Waals surface area contributed by atoms with Crippen LogP contribution in [-0.2, 0) is 9.53 Å². The smallest absolute Gasteiger partial charge is 0.407 e. The van der Waals surface area contributed by atoms with Crippen molar-refractivity contribution >= 4 is 11.9 Å². The summed E-state index contributed by atoms with van der Waals surface area (Å²) < 4.78 is 4.92. The third-order valence-electron chi connectivity index (χ3n) is 1.58. The van der Waals surface area contributed by atoms with Crippen molar-refractivity contribution in [3.05, 3.63) is 0 Å². The maximum atomic E-state index is 11.1. The van der Waals surface area contributed by atoms with Gasteiger partial charge in [-0.2, -0.15) is 0 Å². The number of carbonyl (C=O) groups excluding carboxylic acids is 2. The average molecular weight is 201 g/mol. The molecule has 0 saturated carbocycles. The third-order valence-corrected chi connectivity index (χ3v) is 1.58. The summed E-state index contributed by atoms with van der Waals surface area (Å²) in [6.07, 6.45) is -0.539. The van der Waals surface area contributed by atoms with Crippen LogP contribution in [0.3, 0.4) is 0 Å². The number of amides is 1. The molecule has 4 heteroatoms. The monoisotopic (exact) mass is 201 g/mol. The van der Waals surface area contributed by atoms with E-state index in [9.17, 15) is 9.59 Å². The molecule has 0 radical (unpaired) electrons. The van der Waals surface area contributed by atoms with Crippen LogP contribution in [0.15, 0.2) is 0 Å². The molecule has 0 rings (SSSR count). The number of hydrogen-bond donors (Lipinski definition) is 1. The molecule has 1 N–H and O–H groups in total. The third kappa shape index (κ3) is 6.46. The average Bonchev–Trinajstić information content (AvgIpc) is 1.99. The zero-order chi connectivity index (χ0) is 11.4. The Morgan fingerprint density at radius 1 is 1.36 bits per heavy atom. The molecule has 0 aromatic heterocycles. The lowest BCUT2D eigenvalue weighted by atomic mass is 9.99. The van der Waals surface area contributed by atoms with Gasteiger partial charge in [-0.25, -0.2) is 4.79 Å². The van der Waals surface area contributed by atoms with Gasteiger partial charge < -0.3 is 10.1 Å². The molecule has 14 heavy (non-hydrogen) atoms. The van der Waals surface area contributed by atoms with E-state index in [0.29, 0.717) is 6.61 Å². The molecular weight excluding hydrogens is 182 g/mol. The number of Topliss-reactive ketones (excluding diaryl/α,β-unsaturated/α-hetero) is 1. The van der Waals surface area contributed by atoms with E-state index < -0.39 is 12.1 Å². The topological polar surface area (TPSA) is 55.4 Å². The minimum Gasteiger partial charge on any atom is -0.449 e. The lowest BCUT2D eigenvalue weighted by Gasteiger charge is -2.19. The molecule has 0 aliphatic rings. The first kappa shape index (κ1) is 12.9. The van der Waals surface area contributed by atoms with Crippen LogP contribution in [0.4, 0.5) is 4.79 Å². The number of hydrogen-bond acceptors (Lipinski definition) is 3. The molecule has 82 valence electrons. The van der Waals surface area contributed by atoms with Crippen LogP contribution in [0.1, 0.15) is 34.6 Å². The SMILES string of the molecule is CC(=O)C(C)NC(=O)OCC(C)(C)C. The minimum absolute atomic E-state index is 0.0587. The van der Waals surface area contributed by atoms with Gasteiger partial charge in [0.2, 0.25) is 0 Å². The Hall–Kier alpha value is -1.06. The molecule has 1 unspecified atom stereocenters. The normalized spacial score (nSPS) is 13.2. The van der Waals surface area contributed by atoms with Crippen LogP contribution in [0.5, 0.6) is 0 Å². The molecule has 0 saturated heterocycles. The highest BCUT2D eigenvalue weighted by atomic mass is 16.5. The van der Waals surface area contributed by atoms with E-state index in [1.165, 1.54) is 6.92 Å². The van der Waals surface area contributed by atoms with E-state index in [1.54, 1.807) is 6.92 Å². The maximum absolute atomic E-state index is 11.1. The molecular formula is C10H19NO3. The molecule has 1 amide bonds. The second-order valence-corrected chi connectivity index (χ2v) is 4.61. The summed E-state index contributed by atoms with van der Waals surface area (Å²) in [5.41, 5.74) is -0.0587. The number of rotatable bonds is 3. The second kappa shape index (κ2) is 4.98. The molecule has 0 heterocycles. The lowest BCUT2D eigenvalue weighted by molar-refractivity contribution is -0.118. The first-order valence-electron chi connectivity index (χ1n) is 4.66. The molecule has 0 aliphatic heterocycles. The highest BCUT2D eigenvalue weighted by Crippen LogP contribution is 2.12. The number of nitrogens with one attached hydrogen (secondary N) is 1. The molecule has 0 spiro atoms. The number of ether oxygens (including phenoxy) is 1. The van der Waals surface area contributed by atoms with Crippen LogP contribution >= 0.6 is 0 Å². The van der Waals surface area contributed by atoms with Crippen LogP contribution in [0.25, 0.3) is 0 Å². The summed E-state index contributed by atoms with van der Waals surface area (Å²) in [5, 5.41) is 2.44. The fraction of sp³-hybridized carbons (Fsp3) is 0.800. The quantitative estimate of drug-likeness (QED) is 0.756. The van der Waals surface area contributed by atoms with Gasteiger partial charge in [0.15, 0.2) is 5.78 Å². The highest BCUT2D eigenvalue weighted by molar-refractivity contribution is 5.84. The van der Waals surface area contributed by atoms with Gasteiger partial charge >= 0.3 is 6.09 Å². The van der Waals surface area contributed by atoms with Gasteiger partial charge in [-0.3, -0.25) is 4.79 Å². The molecule has 0 aromatic carbocycles. The van der Waals surface area contributed by atoms with Gasteiger partial charge in [-0.1, -0.05) is 20.8 Å². The van der Waals surface area contributed by atoms with E-state index in [0.717, 1.165) is 0 Å². The van der Waals surface area contributed by atoms with Gasteiger partial charge in [0.05, 0.1) is 12.6 Å². The standard InChI is InChI=1S/C10H19NO3/c1-7(8(2)12)11-9(13)14-6-10(3,4)5/h7H,6H2,1-5H3,(H,11,13). The van der Waals surface area contributed by atoms with E-state index in [2.05, 4.69) is 5.32 Å². The van der Waals surface area contributed by atoms with E-state index >= 15 is 0 Å². The Morgan fingerprint density at radius 2 is 1.86 bits per heavy atom. The molecule has 0 aromatic rings. The summed E-state index contributed by atoms with van der Waals surface area (Å²) in [5.74, 6) is -0.0855. The van der Waals surface area contributed by atoms with Crippen molar-refractivity contribution in [2.24, 2.45) is 5.41 Å². The van der Waals surface area contributed by atoms with E-state index in [4.69, 9.17) is 4.74 Å². The zero-order valence-corrected chi connectivity index (χ0v) is 9.51. The Balaban J connectivity index is 3.83. The van der Waals surface area contributed by atoms with Gasteiger partial charge in [-0.15, -0.1) is 0 Å².